The first-order chi connectivity index (χ1) is 9.65. The summed E-state index contributed by atoms with van der Waals surface area (Å²) in [5.74, 6) is 2.29. The van der Waals surface area contributed by atoms with Crippen LogP contribution in [0.3, 0.4) is 0 Å². The van der Waals surface area contributed by atoms with E-state index in [9.17, 15) is 8.42 Å². The van der Waals surface area contributed by atoms with Gasteiger partial charge in [-0.1, -0.05) is 12.1 Å². The van der Waals surface area contributed by atoms with Gasteiger partial charge in [0.1, 0.15) is 4.90 Å². The van der Waals surface area contributed by atoms with Gasteiger partial charge in [-0.25, -0.2) is 13.1 Å². The topological polar surface area (TPSA) is 58.2 Å². The third-order valence-electron chi connectivity index (χ3n) is 3.66. The van der Waals surface area contributed by atoms with E-state index in [1.54, 1.807) is 12.1 Å². The number of nitrogens with one attached hydrogen (secondary N) is 2. The predicted molar refractivity (Wildman–Crippen MR) is 83.8 cm³/mol. The lowest BCUT2D eigenvalue weighted by atomic mass is 10.1. The molecule has 3 rings (SSSR count). The molecule has 4 nitrogen and oxygen atoms in total. The molecule has 1 aliphatic carbocycles. The minimum absolute atomic E-state index is 0.138. The number of sulfonamides is 1. The van der Waals surface area contributed by atoms with Crippen LogP contribution in [0.5, 0.6) is 0 Å². The minimum atomic E-state index is -3.40. The predicted octanol–water partition coefficient (Wildman–Crippen LogP) is 2.43. The van der Waals surface area contributed by atoms with Crippen molar-refractivity contribution < 1.29 is 8.42 Å². The summed E-state index contributed by atoms with van der Waals surface area (Å²) in [6.07, 6.45) is 4.09. The molecule has 110 valence electrons. The highest BCUT2D eigenvalue weighted by Gasteiger charge is 2.29. The average Bonchev–Trinajstić information content (AvgIpc) is 3.24. The maximum absolute atomic E-state index is 12.4. The normalized spacial score (nSPS) is 20.8. The molecule has 0 spiro atoms. The van der Waals surface area contributed by atoms with Crippen LogP contribution in [0.15, 0.2) is 29.2 Å². The van der Waals surface area contributed by atoms with Crippen LogP contribution in [-0.2, 0) is 10.0 Å². The van der Waals surface area contributed by atoms with E-state index >= 15 is 0 Å². The van der Waals surface area contributed by atoms with Gasteiger partial charge in [0.25, 0.3) is 0 Å². The van der Waals surface area contributed by atoms with Crippen molar-refractivity contribution in [1.29, 1.82) is 0 Å². The molecule has 1 heterocycles. The summed E-state index contributed by atoms with van der Waals surface area (Å²) >= 11 is 1.97. The summed E-state index contributed by atoms with van der Waals surface area (Å²) in [7, 11) is -3.40. The number of para-hydroxylation sites is 1. The van der Waals surface area contributed by atoms with Crippen LogP contribution in [0.1, 0.15) is 25.7 Å². The van der Waals surface area contributed by atoms with Gasteiger partial charge in [0, 0.05) is 12.1 Å². The quantitative estimate of drug-likeness (QED) is 0.877. The molecular weight excluding hydrogens is 292 g/mol. The lowest BCUT2D eigenvalue weighted by Crippen LogP contribution is -2.29. The van der Waals surface area contributed by atoms with Gasteiger partial charge in [0.15, 0.2) is 0 Å². The van der Waals surface area contributed by atoms with Crippen molar-refractivity contribution in [3.05, 3.63) is 24.3 Å². The van der Waals surface area contributed by atoms with E-state index in [0.29, 0.717) is 10.9 Å². The molecule has 6 heteroatoms. The molecule has 1 aromatic rings. The number of hydrogen-bond donors (Lipinski definition) is 2. The first-order valence-corrected chi connectivity index (χ1v) is 9.74. The Kier molecular flexibility index (Phi) is 4.23. The average molecular weight is 312 g/mol. The number of thioether (sulfide) groups is 1. The second kappa shape index (κ2) is 5.95. The third-order valence-corrected chi connectivity index (χ3v) is 6.28. The van der Waals surface area contributed by atoms with Crippen LogP contribution >= 0.6 is 11.8 Å². The van der Waals surface area contributed by atoms with Crippen molar-refractivity contribution in [2.75, 3.05) is 16.8 Å². The van der Waals surface area contributed by atoms with Crippen LogP contribution in [0.4, 0.5) is 5.69 Å². The fourth-order valence-corrected chi connectivity index (χ4v) is 4.95. The molecule has 0 unspecified atom stereocenters. The van der Waals surface area contributed by atoms with Gasteiger partial charge in [0.2, 0.25) is 10.0 Å². The summed E-state index contributed by atoms with van der Waals surface area (Å²) in [6, 6.07) is 7.74. The van der Waals surface area contributed by atoms with Gasteiger partial charge >= 0.3 is 0 Å². The first-order valence-electron chi connectivity index (χ1n) is 7.11. The van der Waals surface area contributed by atoms with Gasteiger partial charge in [-0.3, -0.25) is 0 Å². The van der Waals surface area contributed by atoms with Gasteiger partial charge in [-0.15, -0.1) is 0 Å². The van der Waals surface area contributed by atoms with E-state index < -0.39 is 10.0 Å². The van der Waals surface area contributed by atoms with Crippen LogP contribution in [0, 0.1) is 0 Å². The summed E-state index contributed by atoms with van der Waals surface area (Å²) in [4.78, 5) is 0.380. The van der Waals surface area contributed by atoms with Crippen LogP contribution < -0.4 is 10.0 Å². The molecule has 20 heavy (non-hydrogen) atoms. The molecule has 0 bridgehead atoms. The van der Waals surface area contributed by atoms with Gasteiger partial charge in [-0.2, -0.15) is 11.8 Å². The highest BCUT2D eigenvalue weighted by atomic mass is 32.2. The van der Waals surface area contributed by atoms with Crippen LogP contribution in [0.2, 0.25) is 0 Å². The lowest BCUT2D eigenvalue weighted by molar-refractivity contribution is 0.580. The lowest BCUT2D eigenvalue weighted by Gasteiger charge is -2.24. The minimum Gasteiger partial charge on any atom is -0.381 e. The Hall–Kier alpha value is -0.720. The molecule has 1 saturated carbocycles. The molecule has 0 aromatic heterocycles. The Labute approximate surface area is 124 Å². The Morgan fingerprint density at radius 1 is 1.00 bits per heavy atom. The fraction of sp³-hybridized carbons (Fsp3) is 0.571. The molecule has 1 aromatic carbocycles. The number of anilines is 1. The van der Waals surface area contributed by atoms with Crippen molar-refractivity contribution in [3.63, 3.8) is 0 Å². The van der Waals surface area contributed by atoms with Crippen molar-refractivity contribution in [1.82, 2.24) is 4.72 Å². The van der Waals surface area contributed by atoms with E-state index in [1.165, 1.54) is 0 Å². The van der Waals surface area contributed by atoms with Gasteiger partial charge < -0.3 is 5.32 Å². The van der Waals surface area contributed by atoms with E-state index in [-0.39, 0.29) is 6.04 Å². The number of benzene rings is 1. The Morgan fingerprint density at radius 2 is 1.70 bits per heavy atom. The SMILES string of the molecule is O=S(=O)(NC1CC1)c1ccccc1NC1CCSCC1. The van der Waals surface area contributed by atoms with E-state index in [0.717, 1.165) is 42.9 Å². The molecule has 0 radical (unpaired) electrons. The summed E-state index contributed by atoms with van der Waals surface area (Å²) in [6.45, 7) is 0. The van der Waals surface area contributed by atoms with E-state index in [4.69, 9.17) is 0 Å². The summed E-state index contributed by atoms with van der Waals surface area (Å²) in [5.41, 5.74) is 0.734. The molecule has 2 aliphatic rings. The Morgan fingerprint density at radius 3 is 2.40 bits per heavy atom. The van der Waals surface area contributed by atoms with Crippen LogP contribution in [-0.4, -0.2) is 32.0 Å². The number of hydrogen-bond acceptors (Lipinski definition) is 4. The summed E-state index contributed by atoms with van der Waals surface area (Å²) in [5, 5.41) is 3.42. The van der Waals surface area contributed by atoms with Crippen molar-refractivity contribution in [2.24, 2.45) is 0 Å². The maximum Gasteiger partial charge on any atom is 0.242 e. The molecule has 0 amide bonds. The molecule has 1 saturated heterocycles. The molecular formula is C14H20N2O2S2. The Bertz CT molecular complexity index is 564. The van der Waals surface area contributed by atoms with Crippen molar-refractivity contribution in [2.45, 2.75) is 42.7 Å². The zero-order valence-electron chi connectivity index (χ0n) is 11.3. The first kappa shape index (κ1) is 14.2. The zero-order valence-corrected chi connectivity index (χ0v) is 13.0. The Balaban J connectivity index is 1.79. The highest BCUT2D eigenvalue weighted by molar-refractivity contribution is 7.99. The smallest absolute Gasteiger partial charge is 0.242 e. The number of rotatable bonds is 5. The van der Waals surface area contributed by atoms with E-state index in [2.05, 4.69) is 10.0 Å². The standard InChI is InChI=1S/C14H20N2O2S2/c17-20(18,16-12-5-6-12)14-4-2-1-3-13(14)15-11-7-9-19-10-8-11/h1-4,11-12,15-16H,5-10H2. The van der Waals surface area contributed by atoms with Gasteiger partial charge in [-0.05, 0) is 49.3 Å². The van der Waals surface area contributed by atoms with E-state index in [1.807, 2.05) is 23.9 Å². The molecule has 0 atom stereocenters. The zero-order chi connectivity index (χ0) is 14.0. The summed E-state index contributed by atoms with van der Waals surface area (Å²) < 4.78 is 27.5. The molecule has 2 N–H and O–H groups in total. The second-order valence-corrected chi connectivity index (χ2v) is 8.33. The molecule has 2 fully saturated rings. The largest absolute Gasteiger partial charge is 0.381 e. The molecule has 1 aliphatic heterocycles. The highest BCUT2D eigenvalue weighted by Crippen LogP contribution is 2.28. The monoisotopic (exact) mass is 312 g/mol. The van der Waals surface area contributed by atoms with Crippen LogP contribution in [0.25, 0.3) is 0 Å². The fourth-order valence-electron chi connectivity index (χ4n) is 2.37. The van der Waals surface area contributed by atoms with Crippen molar-refractivity contribution >= 4 is 27.5 Å². The second-order valence-electron chi connectivity index (χ2n) is 5.42. The third kappa shape index (κ3) is 3.48. The van der Waals surface area contributed by atoms with Gasteiger partial charge in [0.05, 0.1) is 5.69 Å². The van der Waals surface area contributed by atoms with Crippen molar-refractivity contribution in [3.8, 4) is 0 Å². The maximum atomic E-state index is 12.4.